The van der Waals surface area contributed by atoms with Gasteiger partial charge in [-0.2, -0.15) is 0 Å². The highest BCUT2D eigenvalue weighted by atomic mass is 16.5. The van der Waals surface area contributed by atoms with Crippen molar-refractivity contribution < 1.29 is 19.1 Å². The number of nitrogens with zero attached hydrogens (tertiary/aromatic N) is 2. The van der Waals surface area contributed by atoms with Crippen LogP contribution in [0.25, 0.3) is 6.08 Å². The molecule has 3 rings (SSSR count). The van der Waals surface area contributed by atoms with Crippen LogP contribution in [-0.2, 0) is 9.59 Å². The van der Waals surface area contributed by atoms with Crippen LogP contribution >= 0.6 is 0 Å². The van der Waals surface area contributed by atoms with Crippen LogP contribution in [0.2, 0.25) is 0 Å². The number of amides is 2. The maximum atomic E-state index is 12.5. The van der Waals surface area contributed by atoms with Gasteiger partial charge in [-0.1, -0.05) is 19.4 Å². The minimum atomic E-state index is -0.0234. The van der Waals surface area contributed by atoms with E-state index in [0.717, 1.165) is 37.0 Å². The predicted molar refractivity (Wildman–Crippen MR) is 113 cm³/mol. The maximum Gasteiger partial charge on any atom is 0.246 e. The summed E-state index contributed by atoms with van der Waals surface area (Å²) < 4.78 is 11.5. The van der Waals surface area contributed by atoms with Crippen molar-refractivity contribution in [3.05, 3.63) is 29.8 Å². The van der Waals surface area contributed by atoms with E-state index in [1.54, 1.807) is 11.0 Å². The normalized spacial score (nSPS) is 16.9. The van der Waals surface area contributed by atoms with Crippen molar-refractivity contribution in [1.82, 2.24) is 9.80 Å². The molecular weight excluding hydrogens is 368 g/mol. The van der Waals surface area contributed by atoms with Gasteiger partial charge in [-0.25, -0.2) is 0 Å². The topological polar surface area (TPSA) is 59.1 Å². The van der Waals surface area contributed by atoms with Gasteiger partial charge < -0.3 is 19.3 Å². The Morgan fingerprint density at radius 3 is 2.41 bits per heavy atom. The molecule has 0 aromatic heterocycles. The molecule has 1 heterocycles. The number of carbonyl (C=O) groups is 2. The number of ether oxygens (including phenoxy) is 2. The lowest BCUT2D eigenvalue weighted by Crippen LogP contribution is -2.50. The van der Waals surface area contributed by atoms with E-state index in [0.29, 0.717) is 45.1 Å². The van der Waals surface area contributed by atoms with E-state index in [2.05, 4.69) is 6.92 Å². The van der Waals surface area contributed by atoms with Gasteiger partial charge in [-0.05, 0) is 50.0 Å². The number of hydrogen-bond donors (Lipinski definition) is 0. The number of benzene rings is 1. The van der Waals surface area contributed by atoms with E-state index >= 15 is 0 Å². The van der Waals surface area contributed by atoms with E-state index in [-0.39, 0.29) is 17.7 Å². The number of hydrogen-bond acceptors (Lipinski definition) is 4. The van der Waals surface area contributed by atoms with Crippen molar-refractivity contribution in [3.63, 3.8) is 0 Å². The van der Waals surface area contributed by atoms with Crippen LogP contribution in [-0.4, -0.2) is 61.0 Å². The molecule has 6 nitrogen and oxygen atoms in total. The van der Waals surface area contributed by atoms with Crippen LogP contribution in [0.3, 0.4) is 0 Å². The van der Waals surface area contributed by atoms with E-state index in [1.807, 2.05) is 36.1 Å². The molecule has 0 unspecified atom stereocenters. The van der Waals surface area contributed by atoms with Crippen LogP contribution in [0.15, 0.2) is 24.3 Å². The van der Waals surface area contributed by atoms with Gasteiger partial charge in [-0.15, -0.1) is 0 Å². The van der Waals surface area contributed by atoms with Crippen LogP contribution in [0.1, 0.15) is 45.1 Å². The van der Waals surface area contributed by atoms with Crippen molar-refractivity contribution in [3.8, 4) is 11.5 Å². The van der Waals surface area contributed by atoms with Crippen molar-refractivity contribution in [2.24, 2.45) is 5.92 Å². The number of rotatable bonds is 9. The van der Waals surface area contributed by atoms with Crippen LogP contribution in [0, 0.1) is 5.92 Å². The van der Waals surface area contributed by atoms with Gasteiger partial charge in [-0.3, -0.25) is 9.59 Å². The Hall–Kier alpha value is -2.50. The fourth-order valence-corrected chi connectivity index (χ4v) is 3.35. The molecule has 1 aliphatic carbocycles. The Kier molecular flexibility index (Phi) is 7.55. The Bertz CT molecular complexity index is 734. The Morgan fingerprint density at radius 1 is 1.03 bits per heavy atom. The minimum Gasteiger partial charge on any atom is -0.490 e. The second-order valence-electron chi connectivity index (χ2n) is 7.60. The molecule has 6 heteroatoms. The Balaban J connectivity index is 1.55. The number of unbranched alkanes of at least 4 members (excludes halogenated alkanes) is 1. The van der Waals surface area contributed by atoms with Crippen LogP contribution in [0.5, 0.6) is 11.5 Å². The molecular formula is C23H32N2O4. The molecule has 1 aliphatic heterocycles. The molecule has 0 spiro atoms. The van der Waals surface area contributed by atoms with Gasteiger partial charge in [0.15, 0.2) is 11.5 Å². The Labute approximate surface area is 173 Å². The first kappa shape index (κ1) is 21.2. The molecule has 0 radical (unpaired) electrons. The first-order valence-electron chi connectivity index (χ1n) is 10.8. The summed E-state index contributed by atoms with van der Waals surface area (Å²) in [7, 11) is 0. The highest BCUT2D eigenvalue weighted by Gasteiger charge is 2.34. The third kappa shape index (κ3) is 5.99. The van der Waals surface area contributed by atoms with Gasteiger partial charge in [0.05, 0.1) is 13.2 Å². The lowest BCUT2D eigenvalue weighted by Gasteiger charge is -2.34. The molecule has 29 heavy (non-hydrogen) atoms. The summed E-state index contributed by atoms with van der Waals surface area (Å²) in [4.78, 5) is 28.4. The second-order valence-corrected chi connectivity index (χ2v) is 7.60. The molecule has 1 saturated heterocycles. The fourth-order valence-electron chi connectivity index (χ4n) is 3.35. The van der Waals surface area contributed by atoms with Crippen LogP contribution < -0.4 is 9.47 Å². The third-order valence-electron chi connectivity index (χ3n) is 5.27. The first-order valence-corrected chi connectivity index (χ1v) is 10.8. The predicted octanol–water partition coefficient (Wildman–Crippen LogP) is 3.36. The summed E-state index contributed by atoms with van der Waals surface area (Å²) in [5, 5.41) is 0. The lowest BCUT2D eigenvalue weighted by molar-refractivity contribution is -0.138. The summed E-state index contributed by atoms with van der Waals surface area (Å²) in [6.45, 7) is 7.74. The summed E-state index contributed by atoms with van der Waals surface area (Å²) in [6, 6.07) is 5.73. The zero-order valence-corrected chi connectivity index (χ0v) is 17.6. The van der Waals surface area contributed by atoms with Gasteiger partial charge in [0.25, 0.3) is 0 Å². The van der Waals surface area contributed by atoms with E-state index in [4.69, 9.17) is 9.47 Å². The Morgan fingerprint density at radius 2 is 1.76 bits per heavy atom. The monoisotopic (exact) mass is 400 g/mol. The van der Waals surface area contributed by atoms with Crippen molar-refractivity contribution in [2.45, 2.75) is 39.5 Å². The second kappa shape index (κ2) is 10.3. The lowest BCUT2D eigenvalue weighted by atomic mass is 10.1. The molecule has 1 saturated carbocycles. The highest BCUT2D eigenvalue weighted by molar-refractivity contribution is 5.92. The highest BCUT2D eigenvalue weighted by Crippen LogP contribution is 2.31. The largest absolute Gasteiger partial charge is 0.490 e. The molecule has 0 atom stereocenters. The van der Waals surface area contributed by atoms with Crippen molar-refractivity contribution in [2.75, 3.05) is 39.4 Å². The van der Waals surface area contributed by atoms with E-state index < -0.39 is 0 Å². The van der Waals surface area contributed by atoms with Crippen molar-refractivity contribution in [1.29, 1.82) is 0 Å². The smallest absolute Gasteiger partial charge is 0.246 e. The summed E-state index contributed by atoms with van der Waals surface area (Å²) in [6.07, 6.45) is 7.53. The molecule has 0 N–H and O–H groups in total. The van der Waals surface area contributed by atoms with Gasteiger partial charge >= 0.3 is 0 Å². The van der Waals surface area contributed by atoms with E-state index in [9.17, 15) is 9.59 Å². The first-order chi connectivity index (χ1) is 14.1. The zero-order valence-electron chi connectivity index (χ0n) is 17.6. The third-order valence-corrected chi connectivity index (χ3v) is 5.27. The molecule has 0 bridgehead atoms. The molecule has 158 valence electrons. The molecule has 1 aromatic rings. The molecule has 1 aromatic carbocycles. The zero-order chi connectivity index (χ0) is 20.6. The van der Waals surface area contributed by atoms with E-state index in [1.165, 1.54) is 0 Å². The summed E-state index contributed by atoms with van der Waals surface area (Å²) in [5.41, 5.74) is 0.896. The number of piperazine rings is 1. The van der Waals surface area contributed by atoms with Crippen molar-refractivity contribution >= 4 is 17.9 Å². The SMILES string of the molecule is CCCCOc1ccc(C=CC(=O)N2CCN(C(=O)C3CC3)CC2)cc1OCC. The van der Waals surface area contributed by atoms with Gasteiger partial charge in [0, 0.05) is 38.2 Å². The molecule has 2 aliphatic rings. The van der Waals surface area contributed by atoms with Gasteiger partial charge in [0.1, 0.15) is 0 Å². The maximum absolute atomic E-state index is 12.5. The summed E-state index contributed by atoms with van der Waals surface area (Å²) in [5.74, 6) is 1.92. The molecule has 2 amide bonds. The molecule has 2 fully saturated rings. The van der Waals surface area contributed by atoms with Crippen LogP contribution in [0.4, 0.5) is 0 Å². The van der Waals surface area contributed by atoms with Gasteiger partial charge in [0.2, 0.25) is 11.8 Å². The number of carbonyl (C=O) groups excluding carboxylic acids is 2. The standard InChI is InChI=1S/C23H32N2O4/c1-3-5-16-29-20-10-6-18(17-21(20)28-4-2)7-11-22(26)24-12-14-25(15-13-24)23(27)19-8-9-19/h6-7,10-11,17,19H,3-5,8-9,12-16H2,1-2H3. The quantitative estimate of drug-likeness (QED) is 0.471. The minimum absolute atomic E-state index is 0.0234. The fraction of sp³-hybridized carbons (Fsp3) is 0.565. The summed E-state index contributed by atoms with van der Waals surface area (Å²) >= 11 is 0. The average molecular weight is 401 g/mol. The average Bonchev–Trinajstić information content (AvgIpc) is 3.59.